The number of hydrogen-bond donors (Lipinski definition) is 1. The molecule has 2 aromatic heterocycles. The van der Waals surface area contributed by atoms with Gasteiger partial charge in [0.15, 0.2) is 11.9 Å². The smallest absolute Gasteiger partial charge is 0.266 e. The molecule has 1 N–H and O–H groups in total. The molecule has 0 bridgehead atoms. The second-order valence-corrected chi connectivity index (χ2v) is 8.36. The minimum Gasteiger partial charge on any atom is -0.494 e. The van der Waals surface area contributed by atoms with Gasteiger partial charge in [-0.05, 0) is 62.7 Å². The molecule has 0 aliphatic heterocycles. The van der Waals surface area contributed by atoms with Crippen molar-refractivity contribution < 1.29 is 14.3 Å². The number of rotatable bonds is 6. The zero-order valence-corrected chi connectivity index (χ0v) is 19.8. The summed E-state index contributed by atoms with van der Waals surface area (Å²) >= 11 is 3.39. The lowest BCUT2D eigenvalue weighted by Gasteiger charge is -2.16. The van der Waals surface area contributed by atoms with Crippen LogP contribution >= 0.6 is 15.9 Å². The average molecular weight is 495 g/mol. The maximum atomic E-state index is 12.8. The first-order valence-electron chi connectivity index (χ1n) is 10.1. The number of pyridine rings is 1. The van der Waals surface area contributed by atoms with Gasteiger partial charge < -0.3 is 14.8 Å². The van der Waals surface area contributed by atoms with Crippen molar-refractivity contribution in [1.82, 2.24) is 14.8 Å². The van der Waals surface area contributed by atoms with E-state index in [0.717, 1.165) is 26.6 Å². The number of fused-ring (bicyclic) bond motifs is 1. The third-order valence-corrected chi connectivity index (χ3v) is 5.54. The number of aromatic nitrogens is 3. The second kappa shape index (κ2) is 9.00. The number of nitrogens with one attached hydrogen (secondary N) is 1. The Bertz CT molecular complexity index is 1280. The van der Waals surface area contributed by atoms with E-state index in [1.54, 1.807) is 36.9 Å². The first kappa shape index (κ1) is 21.8. The van der Waals surface area contributed by atoms with Crippen LogP contribution in [0, 0.1) is 13.8 Å². The van der Waals surface area contributed by atoms with Gasteiger partial charge in [0.05, 0.1) is 12.8 Å². The van der Waals surface area contributed by atoms with Crippen LogP contribution in [0.3, 0.4) is 0 Å². The molecule has 2 heterocycles. The van der Waals surface area contributed by atoms with Gasteiger partial charge in [-0.1, -0.05) is 28.1 Å². The van der Waals surface area contributed by atoms with Gasteiger partial charge in [-0.25, -0.2) is 4.98 Å². The Balaban J connectivity index is 1.63. The maximum absolute atomic E-state index is 12.8. The number of anilines is 1. The Labute approximate surface area is 194 Å². The molecule has 0 aliphatic rings. The Morgan fingerprint density at radius 1 is 1.12 bits per heavy atom. The van der Waals surface area contributed by atoms with Crippen molar-refractivity contribution in [3.8, 4) is 17.3 Å². The molecule has 1 amide bonds. The van der Waals surface area contributed by atoms with E-state index in [2.05, 4.69) is 26.3 Å². The normalized spacial score (nSPS) is 11.9. The van der Waals surface area contributed by atoms with Crippen LogP contribution in [-0.2, 0) is 4.79 Å². The summed E-state index contributed by atoms with van der Waals surface area (Å²) in [5.41, 5.74) is 2.52. The lowest BCUT2D eigenvalue weighted by Crippen LogP contribution is -2.31. The Morgan fingerprint density at radius 2 is 1.88 bits per heavy atom. The van der Waals surface area contributed by atoms with Gasteiger partial charge in [0.2, 0.25) is 0 Å². The van der Waals surface area contributed by atoms with E-state index in [1.807, 2.05) is 50.2 Å². The highest BCUT2D eigenvalue weighted by Gasteiger charge is 2.19. The number of methoxy groups -OCH3 is 1. The van der Waals surface area contributed by atoms with Crippen molar-refractivity contribution in [2.45, 2.75) is 26.9 Å². The summed E-state index contributed by atoms with van der Waals surface area (Å²) in [4.78, 5) is 17.6. The number of nitrogens with zero attached hydrogens (tertiary/aromatic N) is 3. The fourth-order valence-corrected chi connectivity index (χ4v) is 3.67. The molecule has 1 unspecified atom stereocenters. The molecule has 0 saturated carbocycles. The first-order chi connectivity index (χ1) is 15.4. The van der Waals surface area contributed by atoms with Crippen molar-refractivity contribution in [3.63, 3.8) is 0 Å². The highest BCUT2D eigenvalue weighted by atomic mass is 79.9. The number of amides is 1. The van der Waals surface area contributed by atoms with Crippen LogP contribution in [0.15, 0.2) is 59.1 Å². The molecule has 0 radical (unpaired) electrons. The van der Waals surface area contributed by atoms with Gasteiger partial charge in [-0.2, -0.15) is 9.78 Å². The highest BCUT2D eigenvalue weighted by Crippen LogP contribution is 2.28. The van der Waals surface area contributed by atoms with Gasteiger partial charge in [0, 0.05) is 15.9 Å². The predicted molar refractivity (Wildman–Crippen MR) is 128 cm³/mol. The van der Waals surface area contributed by atoms with Gasteiger partial charge in [0.25, 0.3) is 5.91 Å². The minimum atomic E-state index is -0.703. The molecule has 4 aromatic rings. The Hall–Kier alpha value is -3.39. The molecule has 0 saturated heterocycles. The van der Waals surface area contributed by atoms with Crippen LogP contribution in [-0.4, -0.2) is 33.9 Å². The number of carbonyl (C=O) groups is 1. The van der Waals surface area contributed by atoms with E-state index in [1.165, 1.54) is 0 Å². The molecule has 0 aliphatic carbocycles. The molecule has 7 nitrogen and oxygen atoms in total. The van der Waals surface area contributed by atoms with Gasteiger partial charge in [-0.15, -0.1) is 0 Å². The largest absolute Gasteiger partial charge is 0.494 e. The number of carbonyl (C=O) groups excluding carboxylic acids is 1. The van der Waals surface area contributed by atoms with Crippen molar-refractivity contribution in [2.75, 3.05) is 12.4 Å². The van der Waals surface area contributed by atoms with Crippen LogP contribution in [0.5, 0.6) is 11.5 Å². The molecule has 4 rings (SSSR count). The Kier molecular flexibility index (Phi) is 6.14. The number of aryl methyl sites for hydroxylation is 2. The number of halogens is 1. The van der Waals surface area contributed by atoms with Crippen LogP contribution < -0.4 is 14.8 Å². The fraction of sp³-hybridized carbons (Fsp3) is 0.208. The zero-order valence-electron chi connectivity index (χ0n) is 18.2. The highest BCUT2D eigenvalue weighted by molar-refractivity contribution is 9.10. The quantitative estimate of drug-likeness (QED) is 0.397. The van der Waals surface area contributed by atoms with Crippen molar-refractivity contribution in [2.24, 2.45) is 0 Å². The van der Waals surface area contributed by atoms with E-state index in [-0.39, 0.29) is 5.91 Å². The topological polar surface area (TPSA) is 78.3 Å². The zero-order chi connectivity index (χ0) is 22.8. The average Bonchev–Trinajstić information content (AvgIpc) is 3.14. The number of hydrogen-bond acceptors (Lipinski definition) is 5. The van der Waals surface area contributed by atoms with Gasteiger partial charge >= 0.3 is 0 Å². The molecule has 0 fully saturated rings. The summed E-state index contributed by atoms with van der Waals surface area (Å²) in [6, 6.07) is 16.9. The van der Waals surface area contributed by atoms with E-state index >= 15 is 0 Å². The summed E-state index contributed by atoms with van der Waals surface area (Å²) in [7, 11) is 1.62. The predicted octanol–water partition coefficient (Wildman–Crippen LogP) is 5.21. The number of para-hydroxylation sites is 1. The summed E-state index contributed by atoms with van der Waals surface area (Å²) < 4.78 is 13.8. The summed E-state index contributed by atoms with van der Waals surface area (Å²) in [6.07, 6.45) is -0.703. The fourth-order valence-electron chi connectivity index (χ4n) is 3.41. The van der Waals surface area contributed by atoms with Crippen molar-refractivity contribution >= 4 is 38.6 Å². The molecule has 32 heavy (non-hydrogen) atoms. The summed E-state index contributed by atoms with van der Waals surface area (Å²) in [5, 5.41) is 8.46. The first-order valence-corrected chi connectivity index (χ1v) is 10.9. The monoisotopic (exact) mass is 494 g/mol. The SMILES string of the molecule is COc1cccc2c(C)cc(-n3nc(C)cc3NC(=O)C(C)Oc3ccc(Br)cc3)nc12. The molecule has 0 spiro atoms. The second-order valence-electron chi connectivity index (χ2n) is 7.44. The molecule has 2 aromatic carbocycles. The van der Waals surface area contributed by atoms with E-state index in [9.17, 15) is 4.79 Å². The van der Waals surface area contributed by atoms with Crippen LogP contribution in [0.1, 0.15) is 18.2 Å². The summed E-state index contributed by atoms with van der Waals surface area (Å²) in [6.45, 7) is 5.58. The number of ether oxygens (including phenoxy) is 2. The van der Waals surface area contributed by atoms with Crippen molar-refractivity contribution in [3.05, 3.63) is 70.3 Å². The molecule has 164 valence electrons. The van der Waals surface area contributed by atoms with E-state index in [4.69, 9.17) is 14.5 Å². The van der Waals surface area contributed by atoms with E-state index in [0.29, 0.717) is 23.1 Å². The summed E-state index contributed by atoms with van der Waals surface area (Å²) in [5.74, 6) is 2.10. The lowest BCUT2D eigenvalue weighted by molar-refractivity contribution is -0.122. The lowest BCUT2D eigenvalue weighted by atomic mass is 10.1. The van der Waals surface area contributed by atoms with Crippen LogP contribution in [0.4, 0.5) is 5.82 Å². The third kappa shape index (κ3) is 4.45. The third-order valence-electron chi connectivity index (χ3n) is 5.01. The van der Waals surface area contributed by atoms with Gasteiger partial charge in [0.1, 0.15) is 22.8 Å². The molecule has 1 atom stereocenters. The number of benzene rings is 2. The maximum Gasteiger partial charge on any atom is 0.266 e. The molecule has 8 heteroatoms. The van der Waals surface area contributed by atoms with Crippen LogP contribution in [0.2, 0.25) is 0 Å². The molecular weight excluding hydrogens is 472 g/mol. The van der Waals surface area contributed by atoms with Gasteiger partial charge in [-0.3, -0.25) is 4.79 Å². The van der Waals surface area contributed by atoms with E-state index < -0.39 is 6.10 Å². The van der Waals surface area contributed by atoms with Crippen molar-refractivity contribution in [1.29, 1.82) is 0 Å². The van der Waals surface area contributed by atoms with Crippen LogP contribution in [0.25, 0.3) is 16.7 Å². The standard InChI is InChI=1S/C24H23BrN4O3/c1-14-12-21(26-23-19(14)6-5-7-20(23)31-4)29-22(13-15(2)28-29)27-24(30)16(3)32-18-10-8-17(25)9-11-18/h5-13,16H,1-4H3,(H,27,30). The molecular formula is C24H23BrN4O3. The minimum absolute atomic E-state index is 0.288. The Morgan fingerprint density at radius 3 is 2.59 bits per heavy atom.